The van der Waals surface area contributed by atoms with Gasteiger partial charge in [-0.3, -0.25) is 4.99 Å². The molecule has 0 spiro atoms. The van der Waals surface area contributed by atoms with Gasteiger partial charge >= 0.3 is 0 Å². The molecule has 0 aliphatic carbocycles. The topological polar surface area (TPSA) is 76.8 Å². The number of methoxy groups -OCH3 is 1. The molecule has 8 nitrogen and oxygen atoms in total. The Morgan fingerprint density at radius 1 is 1.33 bits per heavy atom. The summed E-state index contributed by atoms with van der Waals surface area (Å²) in [5, 5.41) is 13.3. The Kier molecular flexibility index (Phi) is 14.0. The van der Waals surface area contributed by atoms with Gasteiger partial charge in [-0.15, -0.1) is 34.2 Å². The number of halogens is 1. The fourth-order valence-electron chi connectivity index (χ4n) is 3.54. The van der Waals surface area contributed by atoms with Gasteiger partial charge in [-0.2, -0.15) is 0 Å². The summed E-state index contributed by atoms with van der Waals surface area (Å²) in [5.74, 6) is 3.20. The molecule has 0 amide bonds. The Morgan fingerprint density at radius 3 is 2.80 bits per heavy atom. The van der Waals surface area contributed by atoms with Gasteiger partial charge in [0.05, 0.1) is 19.8 Å². The first-order valence-corrected chi connectivity index (χ1v) is 11.8. The average molecular weight is 555 g/mol. The van der Waals surface area contributed by atoms with Crippen molar-refractivity contribution in [2.24, 2.45) is 16.8 Å². The highest BCUT2D eigenvalue weighted by atomic mass is 127. The zero-order valence-corrected chi connectivity index (χ0v) is 22.2. The summed E-state index contributed by atoms with van der Waals surface area (Å²) in [4.78, 5) is 6.80. The SMILES string of the molecule is CN=C(NCCCc1nnc(SC)n1CC(C)C)N1CCC(COCCOC)C1.I. The standard InChI is InChI=1S/C20H38N6O2S.HI/c1-16(2)13-26-18(23-24-20(26)29-5)7-6-9-22-19(21-3)25-10-8-17(14-25)15-28-12-11-27-4;/h16-17H,6-15H2,1-5H3,(H,21,22);1H. The minimum atomic E-state index is 0. The first kappa shape index (κ1) is 27.4. The second-order valence-corrected chi connectivity index (χ2v) is 8.63. The number of aliphatic imine (C=N–C) groups is 1. The van der Waals surface area contributed by atoms with E-state index < -0.39 is 0 Å². The molecule has 1 atom stereocenters. The Balaban J connectivity index is 0.00000450. The molecular formula is C20H39IN6O2S. The van der Waals surface area contributed by atoms with Crippen LogP contribution in [-0.4, -0.2) is 85.5 Å². The number of thioether (sulfide) groups is 1. The maximum atomic E-state index is 5.69. The van der Waals surface area contributed by atoms with Crippen molar-refractivity contribution in [3.63, 3.8) is 0 Å². The number of rotatable bonds is 12. The maximum absolute atomic E-state index is 5.69. The molecule has 1 aliphatic heterocycles. The summed E-state index contributed by atoms with van der Waals surface area (Å²) in [6.07, 6.45) is 5.12. The van der Waals surface area contributed by atoms with Crippen molar-refractivity contribution in [1.82, 2.24) is 25.0 Å². The van der Waals surface area contributed by atoms with Crippen LogP contribution in [-0.2, 0) is 22.4 Å². The fourth-order valence-corrected chi connectivity index (χ4v) is 4.06. The minimum Gasteiger partial charge on any atom is -0.382 e. The number of ether oxygens (including phenoxy) is 2. The van der Waals surface area contributed by atoms with Crippen molar-refractivity contribution in [2.75, 3.05) is 59.9 Å². The van der Waals surface area contributed by atoms with E-state index in [1.807, 2.05) is 7.05 Å². The van der Waals surface area contributed by atoms with Crippen LogP contribution in [0.25, 0.3) is 0 Å². The molecule has 1 unspecified atom stereocenters. The van der Waals surface area contributed by atoms with Crippen LogP contribution >= 0.6 is 35.7 Å². The Hall–Kier alpha value is -0.590. The number of nitrogens with zero attached hydrogens (tertiary/aromatic N) is 5. The van der Waals surface area contributed by atoms with Crippen LogP contribution in [0.1, 0.15) is 32.5 Å². The lowest BCUT2D eigenvalue weighted by molar-refractivity contribution is 0.0536. The first-order chi connectivity index (χ1) is 14.1. The zero-order valence-electron chi connectivity index (χ0n) is 19.1. The van der Waals surface area contributed by atoms with E-state index in [1.165, 1.54) is 0 Å². The van der Waals surface area contributed by atoms with Gasteiger partial charge in [0.2, 0.25) is 0 Å². The minimum absolute atomic E-state index is 0. The molecule has 174 valence electrons. The molecule has 0 saturated carbocycles. The van der Waals surface area contributed by atoms with Crippen LogP contribution in [0.3, 0.4) is 0 Å². The summed E-state index contributed by atoms with van der Waals surface area (Å²) < 4.78 is 13.0. The van der Waals surface area contributed by atoms with Crippen molar-refractivity contribution < 1.29 is 9.47 Å². The van der Waals surface area contributed by atoms with E-state index in [0.717, 1.165) is 69.0 Å². The third-order valence-corrected chi connectivity index (χ3v) is 5.63. The summed E-state index contributed by atoms with van der Waals surface area (Å²) in [7, 11) is 3.56. The van der Waals surface area contributed by atoms with Crippen molar-refractivity contribution in [1.29, 1.82) is 0 Å². The van der Waals surface area contributed by atoms with Gasteiger partial charge in [0.25, 0.3) is 0 Å². The predicted octanol–water partition coefficient (Wildman–Crippen LogP) is 2.77. The molecule has 0 bridgehead atoms. The van der Waals surface area contributed by atoms with E-state index in [1.54, 1.807) is 18.9 Å². The summed E-state index contributed by atoms with van der Waals surface area (Å²) in [6.45, 7) is 10.4. The van der Waals surface area contributed by atoms with Crippen LogP contribution < -0.4 is 5.32 Å². The van der Waals surface area contributed by atoms with E-state index in [4.69, 9.17) is 9.47 Å². The monoisotopic (exact) mass is 554 g/mol. The van der Waals surface area contributed by atoms with E-state index >= 15 is 0 Å². The second-order valence-electron chi connectivity index (χ2n) is 7.85. The predicted molar refractivity (Wildman–Crippen MR) is 134 cm³/mol. The highest BCUT2D eigenvalue weighted by molar-refractivity contribution is 14.0. The number of nitrogens with one attached hydrogen (secondary N) is 1. The number of hydrogen-bond donors (Lipinski definition) is 1. The van der Waals surface area contributed by atoms with Gasteiger partial charge in [0, 0.05) is 52.7 Å². The number of aryl methyl sites for hydroxylation is 1. The Bertz CT molecular complexity index is 628. The third kappa shape index (κ3) is 8.88. The van der Waals surface area contributed by atoms with Gasteiger partial charge in [-0.1, -0.05) is 25.6 Å². The molecule has 0 aromatic carbocycles. The van der Waals surface area contributed by atoms with E-state index in [9.17, 15) is 0 Å². The lowest BCUT2D eigenvalue weighted by Crippen LogP contribution is -2.40. The van der Waals surface area contributed by atoms with Crippen LogP contribution in [0.5, 0.6) is 0 Å². The van der Waals surface area contributed by atoms with Crippen molar-refractivity contribution >= 4 is 41.7 Å². The Labute approximate surface area is 203 Å². The largest absolute Gasteiger partial charge is 0.382 e. The molecule has 1 N–H and O–H groups in total. The fraction of sp³-hybridized carbons (Fsp3) is 0.850. The molecule has 30 heavy (non-hydrogen) atoms. The van der Waals surface area contributed by atoms with Gasteiger partial charge < -0.3 is 24.3 Å². The van der Waals surface area contributed by atoms with E-state index in [2.05, 4.69) is 50.1 Å². The molecule has 1 saturated heterocycles. The van der Waals surface area contributed by atoms with Gasteiger partial charge in [0.15, 0.2) is 11.1 Å². The van der Waals surface area contributed by atoms with Crippen LogP contribution in [0.2, 0.25) is 0 Å². The molecular weight excluding hydrogens is 515 g/mol. The highest BCUT2D eigenvalue weighted by Crippen LogP contribution is 2.18. The van der Waals surface area contributed by atoms with E-state index in [0.29, 0.717) is 25.0 Å². The van der Waals surface area contributed by atoms with Crippen molar-refractivity contribution in [2.45, 2.75) is 44.8 Å². The lowest BCUT2D eigenvalue weighted by Gasteiger charge is -2.21. The number of hydrogen-bond acceptors (Lipinski definition) is 6. The van der Waals surface area contributed by atoms with Crippen LogP contribution in [0, 0.1) is 11.8 Å². The summed E-state index contributed by atoms with van der Waals surface area (Å²) >= 11 is 1.66. The van der Waals surface area contributed by atoms with Gasteiger partial charge in [-0.25, -0.2) is 0 Å². The lowest BCUT2D eigenvalue weighted by atomic mass is 10.1. The molecule has 1 aromatic heterocycles. The molecule has 1 fully saturated rings. The Morgan fingerprint density at radius 2 is 2.13 bits per heavy atom. The number of likely N-dealkylation sites (tertiary alicyclic amines) is 1. The van der Waals surface area contributed by atoms with Gasteiger partial charge in [-0.05, 0) is 25.0 Å². The average Bonchev–Trinajstić information content (AvgIpc) is 3.32. The first-order valence-electron chi connectivity index (χ1n) is 10.6. The maximum Gasteiger partial charge on any atom is 0.193 e. The van der Waals surface area contributed by atoms with Gasteiger partial charge in [0.1, 0.15) is 5.82 Å². The summed E-state index contributed by atoms with van der Waals surface area (Å²) in [5.41, 5.74) is 0. The van der Waals surface area contributed by atoms with Crippen LogP contribution in [0.4, 0.5) is 0 Å². The molecule has 10 heteroatoms. The molecule has 2 heterocycles. The third-order valence-electron chi connectivity index (χ3n) is 4.97. The highest BCUT2D eigenvalue weighted by Gasteiger charge is 2.24. The molecule has 0 radical (unpaired) electrons. The quantitative estimate of drug-likeness (QED) is 0.140. The smallest absolute Gasteiger partial charge is 0.193 e. The normalized spacial score (nSPS) is 16.9. The summed E-state index contributed by atoms with van der Waals surface area (Å²) in [6, 6.07) is 0. The molecule has 2 rings (SSSR count). The van der Waals surface area contributed by atoms with Crippen LogP contribution in [0.15, 0.2) is 10.1 Å². The molecule has 1 aromatic rings. The van der Waals surface area contributed by atoms with Crippen molar-refractivity contribution in [3.05, 3.63) is 5.82 Å². The second kappa shape index (κ2) is 15.3. The van der Waals surface area contributed by atoms with E-state index in [-0.39, 0.29) is 24.0 Å². The zero-order chi connectivity index (χ0) is 21.1. The number of aromatic nitrogens is 3. The van der Waals surface area contributed by atoms with Crippen molar-refractivity contribution in [3.8, 4) is 0 Å². The molecule has 1 aliphatic rings. The number of guanidine groups is 1.